The molecule has 108 valence electrons. The van der Waals surface area contributed by atoms with Crippen LogP contribution in [-0.4, -0.2) is 35.6 Å². The predicted molar refractivity (Wildman–Crippen MR) is 82.8 cm³/mol. The van der Waals surface area contributed by atoms with Crippen molar-refractivity contribution in [3.63, 3.8) is 0 Å². The number of likely N-dealkylation sites (N-methyl/N-ethyl adjacent to an activating group) is 1. The van der Waals surface area contributed by atoms with Gasteiger partial charge in [0.2, 0.25) is 0 Å². The lowest BCUT2D eigenvalue weighted by atomic mass is 9.98. The Kier molecular flexibility index (Phi) is 4.98. The Morgan fingerprint density at radius 2 is 2.16 bits per heavy atom. The largest absolute Gasteiger partial charge is 0.311 e. The molecule has 1 N–H and O–H groups in total. The van der Waals surface area contributed by atoms with E-state index in [2.05, 4.69) is 42.9 Å². The standard InChI is InChI=1S/C15H27N3S/c1-5-18(12-6-7-12)9-8-16-10-13-11-17-14(19-13)15(2,3)4/h11-12,16H,5-10H2,1-4H3. The van der Waals surface area contributed by atoms with Crippen molar-refractivity contribution in [2.75, 3.05) is 19.6 Å². The van der Waals surface area contributed by atoms with Crippen LogP contribution in [0.2, 0.25) is 0 Å². The van der Waals surface area contributed by atoms with E-state index in [0.717, 1.165) is 19.1 Å². The quantitative estimate of drug-likeness (QED) is 0.779. The molecule has 19 heavy (non-hydrogen) atoms. The van der Waals surface area contributed by atoms with Crippen LogP contribution in [-0.2, 0) is 12.0 Å². The summed E-state index contributed by atoms with van der Waals surface area (Å²) >= 11 is 1.84. The van der Waals surface area contributed by atoms with Gasteiger partial charge in [-0.1, -0.05) is 27.7 Å². The molecule has 0 radical (unpaired) electrons. The van der Waals surface area contributed by atoms with E-state index in [9.17, 15) is 0 Å². The summed E-state index contributed by atoms with van der Waals surface area (Å²) in [5.41, 5.74) is 0.175. The van der Waals surface area contributed by atoms with Crippen LogP contribution in [0.15, 0.2) is 6.20 Å². The van der Waals surface area contributed by atoms with Crippen LogP contribution < -0.4 is 5.32 Å². The van der Waals surface area contributed by atoms with Gasteiger partial charge < -0.3 is 5.32 Å². The molecule has 2 rings (SSSR count). The molecule has 0 aliphatic heterocycles. The molecule has 0 aromatic carbocycles. The second-order valence-corrected chi connectivity index (χ2v) is 7.53. The van der Waals surface area contributed by atoms with Crippen molar-refractivity contribution in [1.82, 2.24) is 15.2 Å². The van der Waals surface area contributed by atoms with Crippen LogP contribution in [0.1, 0.15) is 50.4 Å². The first-order valence-electron chi connectivity index (χ1n) is 7.40. The van der Waals surface area contributed by atoms with Crippen molar-refractivity contribution in [2.24, 2.45) is 0 Å². The van der Waals surface area contributed by atoms with Crippen LogP contribution >= 0.6 is 11.3 Å². The van der Waals surface area contributed by atoms with Crippen molar-refractivity contribution < 1.29 is 0 Å². The summed E-state index contributed by atoms with van der Waals surface area (Å²) in [5.74, 6) is 0. The Bertz CT molecular complexity index is 390. The minimum absolute atomic E-state index is 0.175. The zero-order chi connectivity index (χ0) is 13.9. The highest BCUT2D eigenvalue weighted by Gasteiger charge is 2.27. The molecule has 3 nitrogen and oxygen atoms in total. The molecule has 1 aliphatic carbocycles. The van der Waals surface area contributed by atoms with Gasteiger partial charge in [0.25, 0.3) is 0 Å². The third-order valence-corrected chi connectivity index (χ3v) is 4.96. The van der Waals surface area contributed by atoms with Gasteiger partial charge in [0, 0.05) is 42.2 Å². The Hall–Kier alpha value is -0.450. The molecule has 1 heterocycles. The van der Waals surface area contributed by atoms with E-state index in [1.54, 1.807) is 0 Å². The third-order valence-electron chi connectivity index (χ3n) is 3.54. The number of hydrogen-bond acceptors (Lipinski definition) is 4. The smallest absolute Gasteiger partial charge is 0.0981 e. The Morgan fingerprint density at radius 3 is 2.68 bits per heavy atom. The maximum absolute atomic E-state index is 4.52. The van der Waals surface area contributed by atoms with Gasteiger partial charge in [-0.05, 0) is 19.4 Å². The first-order valence-corrected chi connectivity index (χ1v) is 8.22. The van der Waals surface area contributed by atoms with E-state index in [-0.39, 0.29) is 5.41 Å². The predicted octanol–water partition coefficient (Wildman–Crippen LogP) is 3.01. The van der Waals surface area contributed by atoms with E-state index >= 15 is 0 Å². The first-order chi connectivity index (χ1) is 9.00. The molecule has 1 saturated carbocycles. The molecule has 1 aliphatic rings. The summed E-state index contributed by atoms with van der Waals surface area (Å²) in [6, 6.07) is 0.877. The van der Waals surface area contributed by atoms with Crippen LogP contribution in [0.25, 0.3) is 0 Å². The maximum atomic E-state index is 4.52. The van der Waals surface area contributed by atoms with Gasteiger partial charge in [0.05, 0.1) is 5.01 Å². The number of thiazole rings is 1. The summed E-state index contributed by atoms with van der Waals surface area (Å²) in [5, 5.41) is 4.78. The summed E-state index contributed by atoms with van der Waals surface area (Å²) in [4.78, 5) is 8.45. The lowest BCUT2D eigenvalue weighted by molar-refractivity contribution is 0.277. The van der Waals surface area contributed by atoms with Crippen molar-refractivity contribution in [3.05, 3.63) is 16.1 Å². The van der Waals surface area contributed by atoms with Gasteiger partial charge in [0.15, 0.2) is 0 Å². The molecular weight excluding hydrogens is 254 g/mol. The number of rotatable bonds is 7. The molecule has 0 unspecified atom stereocenters. The highest BCUT2D eigenvalue weighted by Crippen LogP contribution is 2.27. The topological polar surface area (TPSA) is 28.2 Å². The zero-order valence-corrected chi connectivity index (χ0v) is 13.5. The van der Waals surface area contributed by atoms with Gasteiger partial charge >= 0.3 is 0 Å². The first kappa shape index (κ1) is 14.9. The Morgan fingerprint density at radius 1 is 1.42 bits per heavy atom. The minimum atomic E-state index is 0.175. The summed E-state index contributed by atoms with van der Waals surface area (Å²) < 4.78 is 0. The van der Waals surface area contributed by atoms with Gasteiger partial charge in [-0.15, -0.1) is 11.3 Å². The Balaban J connectivity index is 1.69. The molecular formula is C15H27N3S. The average Bonchev–Trinajstić information content (AvgIpc) is 3.05. The van der Waals surface area contributed by atoms with Crippen LogP contribution in [0, 0.1) is 0 Å². The average molecular weight is 281 g/mol. The van der Waals surface area contributed by atoms with Crippen molar-refractivity contribution in [3.8, 4) is 0 Å². The summed E-state index contributed by atoms with van der Waals surface area (Å²) in [6.45, 7) is 13.3. The second-order valence-electron chi connectivity index (χ2n) is 6.42. The van der Waals surface area contributed by atoms with Crippen molar-refractivity contribution in [2.45, 2.75) is 58.5 Å². The summed E-state index contributed by atoms with van der Waals surface area (Å²) in [7, 11) is 0. The normalized spacial score (nSPS) is 16.3. The van der Waals surface area contributed by atoms with Gasteiger partial charge in [0.1, 0.15) is 0 Å². The van der Waals surface area contributed by atoms with E-state index in [1.165, 1.54) is 35.8 Å². The molecule has 0 atom stereocenters. The second kappa shape index (κ2) is 6.33. The number of aromatic nitrogens is 1. The molecule has 4 heteroatoms. The van der Waals surface area contributed by atoms with Crippen molar-refractivity contribution >= 4 is 11.3 Å². The van der Waals surface area contributed by atoms with Crippen LogP contribution in [0.5, 0.6) is 0 Å². The summed E-state index contributed by atoms with van der Waals surface area (Å²) in [6.07, 6.45) is 4.83. The molecule has 0 bridgehead atoms. The van der Waals surface area contributed by atoms with Crippen LogP contribution in [0.4, 0.5) is 0 Å². The van der Waals surface area contributed by atoms with Gasteiger partial charge in [-0.3, -0.25) is 4.90 Å². The molecule has 0 spiro atoms. The fourth-order valence-corrected chi connectivity index (χ4v) is 3.15. The SMILES string of the molecule is CCN(CCNCc1cnc(C(C)(C)C)s1)C1CC1. The molecule has 0 amide bonds. The van der Waals surface area contributed by atoms with E-state index in [1.807, 2.05) is 17.5 Å². The third kappa shape index (κ3) is 4.55. The van der Waals surface area contributed by atoms with E-state index < -0.39 is 0 Å². The highest BCUT2D eigenvalue weighted by atomic mass is 32.1. The molecule has 1 aromatic heterocycles. The van der Waals surface area contributed by atoms with E-state index in [4.69, 9.17) is 0 Å². The minimum Gasteiger partial charge on any atom is -0.311 e. The van der Waals surface area contributed by atoms with Gasteiger partial charge in [-0.25, -0.2) is 4.98 Å². The lowest BCUT2D eigenvalue weighted by Gasteiger charge is -2.19. The van der Waals surface area contributed by atoms with Crippen LogP contribution in [0.3, 0.4) is 0 Å². The highest BCUT2D eigenvalue weighted by molar-refractivity contribution is 7.11. The fraction of sp³-hybridized carbons (Fsp3) is 0.800. The van der Waals surface area contributed by atoms with Crippen molar-refractivity contribution in [1.29, 1.82) is 0 Å². The van der Waals surface area contributed by atoms with Gasteiger partial charge in [-0.2, -0.15) is 0 Å². The number of hydrogen-bond donors (Lipinski definition) is 1. The lowest BCUT2D eigenvalue weighted by Crippen LogP contribution is -2.33. The zero-order valence-electron chi connectivity index (χ0n) is 12.7. The number of nitrogens with one attached hydrogen (secondary N) is 1. The molecule has 0 saturated heterocycles. The fourth-order valence-electron chi connectivity index (χ4n) is 2.21. The Labute approximate surface area is 121 Å². The maximum Gasteiger partial charge on any atom is 0.0981 e. The molecule has 1 aromatic rings. The monoisotopic (exact) mass is 281 g/mol. The molecule has 1 fully saturated rings. The van der Waals surface area contributed by atoms with E-state index in [0.29, 0.717) is 0 Å². The number of nitrogens with zero attached hydrogens (tertiary/aromatic N) is 2.